The molecule has 9 heteroatoms. The van der Waals surface area contributed by atoms with Crippen LogP contribution >= 0.6 is 7.60 Å². The van der Waals surface area contributed by atoms with Crippen LogP contribution in [0.5, 0.6) is 0 Å². The summed E-state index contributed by atoms with van der Waals surface area (Å²) < 4.78 is 10.6. The molecule has 0 aromatic rings. The Balaban J connectivity index is 4.15. The third-order valence-corrected chi connectivity index (χ3v) is 3.13. The van der Waals surface area contributed by atoms with E-state index in [9.17, 15) is 19.6 Å². The van der Waals surface area contributed by atoms with Crippen molar-refractivity contribution >= 4 is 14.0 Å². The molecule has 0 aliphatic heterocycles. The zero-order valence-corrected chi connectivity index (χ0v) is 10.3. The van der Waals surface area contributed by atoms with Gasteiger partial charge in [0.2, 0.25) is 6.41 Å². The van der Waals surface area contributed by atoms with Crippen molar-refractivity contribution in [3.05, 3.63) is 0 Å². The molecule has 3 unspecified atom stereocenters. The number of nitrogens with zero attached hydrogens (tertiary/aromatic N) is 1. The first-order valence-electron chi connectivity index (χ1n) is 4.99. The topological polar surface area (TPSA) is 139 Å². The van der Waals surface area contributed by atoms with Gasteiger partial charge < -0.3 is 20.0 Å². The summed E-state index contributed by atoms with van der Waals surface area (Å²) in [6.45, 7) is 1.30. The molecule has 0 aliphatic carbocycles. The van der Waals surface area contributed by atoms with E-state index in [4.69, 9.17) is 15.0 Å². The number of aliphatic hydroxyl groups excluding tert-OH is 2. The van der Waals surface area contributed by atoms with Crippen LogP contribution in [0.2, 0.25) is 0 Å². The molecule has 17 heavy (non-hydrogen) atoms. The predicted molar refractivity (Wildman–Crippen MR) is 57.3 cm³/mol. The molecule has 1 amide bonds. The lowest BCUT2D eigenvalue weighted by Gasteiger charge is -2.25. The van der Waals surface area contributed by atoms with Crippen LogP contribution in [-0.4, -0.2) is 61.6 Å². The summed E-state index contributed by atoms with van der Waals surface area (Å²) >= 11 is 0. The van der Waals surface area contributed by atoms with Crippen LogP contribution in [0.3, 0.4) is 0 Å². The van der Waals surface area contributed by atoms with Crippen molar-refractivity contribution in [2.45, 2.75) is 25.6 Å². The van der Waals surface area contributed by atoms with Gasteiger partial charge in [-0.05, 0) is 6.42 Å². The van der Waals surface area contributed by atoms with Crippen LogP contribution < -0.4 is 0 Å². The maximum atomic E-state index is 10.6. The van der Waals surface area contributed by atoms with Gasteiger partial charge in [0, 0.05) is 5.92 Å². The number of hydrogen-bond donors (Lipinski definition) is 5. The van der Waals surface area contributed by atoms with Crippen molar-refractivity contribution in [3.63, 3.8) is 0 Å². The summed E-state index contributed by atoms with van der Waals surface area (Å²) in [6.07, 6.45) is -3.24. The Morgan fingerprint density at radius 3 is 2.29 bits per heavy atom. The van der Waals surface area contributed by atoms with Crippen molar-refractivity contribution in [3.8, 4) is 0 Å². The summed E-state index contributed by atoms with van der Waals surface area (Å²) in [5, 5.41) is 28.2. The van der Waals surface area contributed by atoms with E-state index < -0.39 is 31.9 Å². The van der Waals surface area contributed by atoms with Crippen molar-refractivity contribution < 1.29 is 34.6 Å². The molecular weight excluding hydrogens is 253 g/mol. The highest BCUT2D eigenvalue weighted by Crippen LogP contribution is 2.35. The number of amides is 1. The van der Waals surface area contributed by atoms with E-state index in [2.05, 4.69) is 0 Å². The number of carbonyl (C=O) groups excluding carboxylic acids is 1. The van der Waals surface area contributed by atoms with Crippen molar-refractivity contribution in [2.75, 3.05) is 12.7 Å². The Kier molecular flexibility index (Phi) is 6.84. The van der Waals surface area contributed by atoms with E-state index in [1.165, 1.54) is 6.92 Å². The van der Waals surface area contributed by atoms with Crippen LogP contribution in [-0.2, 0) is 9.36 Å². The van der Waals surface area contributed by atoms with Gasteiger partial charge >= 0.3 is 7.60 Å². The van der Waals surface area contributed by atoms with Crippen LogP contribution in [0.4, 0.5) is 0 Å². The number of rotatable bonds is 8. The van der Waals surface area contributed by atoms with Gasteiger partial charge in [-0.1, -0.05) is 6.92 Å². The maximum absolute atomic E-state index is 10.6. The fraction of sp³-hybridized carbons (Fsp3) is 0.875. The Morgan fingerprint density at radius 1 is 1.35 bits per heavy atom. The van der Waals surface area contributed by atoms with E-state index in [1.54, 1.807) is 0 Å². The highest BCUT2D eigenvalue weighted by atomic mass is 31.2. The van der Waals surface area contributed by atoms with E-state index in [0.29, 0.717) is 5.06 Å². The van der Waals surface area contributed by atoms with Gasteiger partial charge in [0.1, 0.15) is 0 Å². The molecule has 0 aromatic carbocycles. The fourth-order valence-electron chi connectivity index (χ4n) is 1.30. The summed E-state index contributed by atoms with van der Waals surface area (Å²) in [5.74, 6) is -0.628. The van der Waals surface area contributed by atoms with E-state index in [0.717, 1.165) is 0 Å². The van der Waals surface area contributed by atoms with Gasteiger partial charge in [0.25, 0.3) is 0 Å². The van der Waals surface area contributed by atoms with Crippen molar-refractivity contribution in [1.82, 2.24) is 5.06 Å². The van der Waals surface area contributed by atoms with Gasteiger partial charge in [-0.3, -0.25) is 14.6 Å². The molecule has 8 nitrogen and oxygen atoms in total. The third-order valence-electron chi connectivity index (χ3n) is 2.29. The molecular formula is C8H18NO7P. The lowest BCUT2D eigenvalue weighted by Crippen LogP contribution is -2.38. The summed E-state index contributed by atoms with van der Waals surface area (Å²) in [5.41, 5.74) is 0. The quantitative estimate of drug-likeness (QED) is 0.161. The Morgan fingerprint density at radius 2 is 1.88 bits per heavy atom. The van der Waals surface area contributed by atoms with E-state index >= 15 is 0 Å². The Labute approximate surface area is 98.6 Å². The van der Waals surface area contributed by atoms with Gasteiger partial charge in [-0.15, -0.1) is 0 Å². The maximum Gasteiger partial charge on any atom is 0.325 e. The molecule has 0 fully saturated rings. The standard InChI is InChI=1S/C8H18NO7P/c1-6(4-9(13)5-10)8(12)7(11)2-3-17(14,15)16/h5-8,11-13H,2-4H2,1H3,(H2,14,15,16). The molecule has 0 bridgehead atoms. The molecule has 0 spiro atoms. The number of aliphatic hydroxyl groups is 2. The second-order valence-corrected chi connectivity index (χ2v) is 5.72. The monoisotopic (exact) mass is 271 g/mol. The van der Waals surface area contributed by atoms with Gasteiger partial charge in [0.15, 0.2) is 0 Å². The summed E-state index contributed by atoms with van der Waals surface area (Å²) in [6, 6.07) is 0. The Hall–Kier alpha value is -0.500. The molecule has 5 N–H and O–H groups in total. The molecule has 3 atom stereocenters. The first kappa shape index (κ1) is 16.5. The van der Waals surface area contributed by atoms with E-state index in [-0.39, 0.29) is 19.4 Å². The minimum Gasteiger partial charge on any atom is -0.390 e. The minimum atomic E-state index is -4.21. The largest absolute Gasteiger partial charge is 0.390 e. The van der Waals surface area contributed by atoms with E-state index in [1.807, 2.05) is 0 Å². The normalized spacial score (nSPS) is 17.3. The summed E-state index contributed by atoms with van der Waals surface area (Å²) in [7, 11) is -4.21. The summed E-state index contributed by atoms with van der Waals surface area (Å²) in [4.78, 5) is 27.3. The first-order valence-corrected chi connectivity index (χ1v) is 6.78. The lowest BCUT2D eigenvalue weighted by atomic mass is 9.98. The highest BCUT2D eigenvalue weighted by Gasteiger charge is 2.26. The third kappa shape index (κ3) is 7.43. The molecule has 102 valence electrons. The molecule has 0 saturated carbocycles. The number of hydrogen-bond acceptors (Lipinski definition) is 5. The molecule has 0 rings (SSSR count). The smallest absolute Gasteiger partial charge is 0.325 e. The molecule has 0 heterocycles. The van der Waals surface area contributed by atoms with Gasteiger partial charge in [0.05, 0.1) is 24.9 Å². The van der Waals surface area contributed by atoms with Crippen LogP contribution in [0.15, 0.2) is 0 Å². The van der Waals surface area contributed by atoms with Crippen LogP contribution in [0, 0.1) is 5.92 Å². The Bertz CT molecular complexity index is 281. The predicted octanol–water partition coefficient (Wildman–Crippen LogP) is -1.24. The minimum absolute atomic E-state index is 0.158. The molecule has 0 radical (unpaired) electrons. The van der Waals surface area contributed by atoms with Crippen LogP contribution in [0.25, 0.3) is 0 Å². The average molecular weight is 271 g/mol. The highest BCUT2D eigenvalue weighted by molar-refractivity contribution is 7.51. The lowest BCUT2D eigenvalue weighted by molar-refractivity contribution is -0.155. The van der Waals surface area contributed by atoms with Gasteiger partial charge in [-0.25, -0.2) is 5.06 Å². The first-order chi connectivity index (χ1) is 7.67. The van der Waals surface area contributed by atoms with Gasteiger partial charge in [-0.2, -0.15) is 0 Å². The second-order valence-electron chi connectivity index (χ2n) is 3.94. The molecule has 0 saturated heterocycles. The fourth-order valence-corrected chi connectivity index (χ4v) is 1.90. The number of carbonyl (C=O) groups is 1. The second kappa shape index (κ2) is 7.05. The molecule has 0 aliphatic rings. The van der Waals surface area contributed by atoms with Crippen molar-refractivity contribution in [2.24, 2.45) is 5.92 Å². The van der Waals surface area contributed by atoms with Crippen LogP contribution in [0.1, 0.15) is 13.3 Å². The zero-order valence-electron chi connectivity index (χ0n) is 9.38. The average Bonchev–Trinajstić information content (AvgIpc) is 2.23. The molecule has 0 aromatic heterocycles. The zero-order chi connectivity index (χ0) is 13.6. The van der Waals surface area contributed by atoms with Crippen molar-refractivity contribution in [1.29, 1.82) is 0 Å². The number of hydroxylamine groups is 2. The SMILES string of the molecule is CC(CN(O)C=O)C(O)C(O)CCP(=O)(O)O.